The number of amidine groups is 1. The van der Waals surface area contributed by atoms with Crippen LogP contribution in [-0.2, 0) is 0 Å². The van der Waals surface area contributed by atoms with E-state index in [2.05, 4.69) is 80.4 Å². The normalized spacial score (nSPS) is 19.7. The number of rotatable bonds is 17. The molecule has 7 nitrogen and oxygen atoms in total. The number of aliphatic imine (C=N–C) groups is 2. The molecule has 0 aliphatic carbocycles. The van der Waals surface area contributed by atoms with Gasteiger partial charge in [-0.15, -0.1) is 11.8 Å². The molecule has 0 fully saturated rings. The molecule has 3 N–H and O–H groups in total. The summed E-state index contributed by atoms with van der Waals surface area (Å²) in [6, 6.07) is 0. The van der Waals surface area contributed by atoms with Crippen molar-refractivity contribution in [3.63, 3.8) is 0 Å². The molecular weight excluding hydrogens is 442 g/mol. The van der Waals surface area contributed by atoms with Crippen LogP contribution in [0.1, 0.15) is 60.3 Å². The molecule has 0 spiro atoms. The third-order valence-corrected chi connectivity index (χ3v) is 6.43. The molecule has 0 radical (unpaired) electrons. The minimum absolute atomic E-state index is 0.0606. The standard InChI is InChI=1S/C26H47N7S/c1-8-12-14-16-32(10-3)19-24(28-7)31-25-17-26(6,21-30-33(25)11-4)20-29-18-22(5)34-23(27)15-13-9-2/h13,15,17,21,23,29H,5,7-12,14,16,18-20,27H2,1-4,6H3/b15-13-,31-24-. The number of hydrazone groups is 1. The fourth-order valence-electron chi connectivity index (χ4n) is 3.50. The molecule has 2 atom stereocenters. The molecule has 0 bridgehead atoms. The maximum Gasteiger partial charge on any atom is 0.147 e. The SMILES string of the molecule is C=N/C(CN(CC)CCCCC)=N\C1=CC(C)(CNCC(=C)SC(N)/C=C\CC)C=NN1CC. The van der Waals surface area contributed by atoms with Crippen molar-refractivity contribution in [2.75, 3.05) is 39.3 Å². The Morgan fingerprint density at radius 2 is 2.12 bits per heavy atom. The molecule has 0 amide bonds. The topological polar surface area (TPSA) is 81.6 Å². The fraction of sp³-hybridized carbons (Fsp3) is 0.654. The summed E-state index contributed by atoms with van der Waals surface area (Å²) in [5.41, 5.74) is 5.84. The highest BCUT2D eigenvalue weighted by atomic mass is 32.2. The zero-order valence-corrected chi connectivity index (χ0v) is 22.9. The molecule has 0 saturated heterocycles. The Hall–Kier alpha value is -1.74. The fourth-order valence-corrected chi connectivity index (χ4v) is 4.26. The quantitative estimate of drug-likeness (QED) is 0.100. The second-order valence-electron chi connectivity index (χ2n) is 8.79. The molecular formula is C26H47N7S. The summed E-state index contributed by atoms with van der Waals surface area (Å²) < 4.78 is 0. The van der Waals surface area contributed by atoms with Gasteiger partial charge in [-0.05, 0) is 57.5 Å². The van der Waals surface area contributed by atoms with Gasteiger partial charge in [-0.25, -0.2) is 15.0 Å². The van der Waals surface area contributed by atoms with Crippen LogP contribution in [0.3, 0.4) is 0 Å². The van der Waals surface area contributed by atoms with Crippen LogP contribution in [-0.4, -0.2) is 73.3 Å². The van der Waals surface area contributed by atoms with Crippen molar-refractivity contribution in [2.24, 2.45) is 26.2 Å². The maximum atomic E-state index is 6.11. The van der Waals surface area contributed by atoms with E-state index in [1.807, 2.05) is 17.3 Å². The summed E-state index contributed by atoms with van der Waals surface area (Å²) in [6.45, 7) is 23.5. The van der Waals surface area contributed by atoms with E-state index in [-0.39, 0.29) is 10.8 Å². The van der Waals surface area contributed by atoms with Crippen LogP contribution in [0.4, 0.5) is 0 Å². The van der Waals surface area contributed by atoms with Gasteiger partial charge in [-0.3, -0.25) is 4.90 Å². The molecule has 2 unspecified atom stereocenters. The van der Waals surface area contributed by atoms with Crippen LogP contribution >= 0.6 is 11.8 Å². The summed E-state index contributed by atoms with van der Waals surface area (Å²) in [4.78, 5) is 12.5. The van der Waals surface area contributed by atoms with E-state index in [1.54, 1.807) is 11.8 Å². The van der Waals surface area contributed by atoms with Crippen molar-refractivity contribution < 1.29 is 0 Å². The van der Waals surface area contributed by atoms with Crippen LogP contribution in [0.5, 0.6) is 0 Å². The molecule has 1 aliphatic heterocycles. The first-order valence-corrected chi connectivity index (χ1v) is 13.5. The van der Waals surface area contributed by atoms with Gasteiger partial charge < -0.3 is 11.1 Å². The summed E-state index contributed by atoms with van der Waals surface area (Å²) in [5.74, 6) is 1.55. The van der Waals surface area contributed by atoms with Gasteiger partial charge in [0, 0.05) is 31.3 Å². The lowest BCUT2D eigenvalue weighted by Gasteiger charge is -2.31. The molecule has 0 aromatic carbocycles. The zero-order chi connectivity index (χ0) is 25.4. The van der Waals surface area contributed by atoms with Crippen molar-refractivity contribution in [1.29, 1.82) is 0 Å². The number of hydrogen-bond donors (Lipinski definition) is 2. The van der Waals surface area contributed by atoms with E-state index >= 15 is 0 Å². The largest absolute Gasteiger partial charge is 0.316 e. The minimum Gasteiger partial charge on any atom is -0.316 e. The summed E-state index contributed by atoms with van der Waals surface area (Å²) in [7, 11) is 0. The van der Waals surface area contributed by atoms with Gasteiger partial charge in [-0.2, -0.15) is 5.10 Å². The Morgan fingerprint density at radius 3 is 2.74 bits per heavy atom. The number of thioether (sulfide) groups is 1. The molecule has 0 aromatic rings. The molecule has 1 heterocycles. The predicted molar refractivity (Wildman–Crippen MR) is 153 cm³/mol. The number of nitrogens with two attached hydrogens (primary N) is 1. The highest BCUT2D eigenvalue weighted by Gasteiger charge is 2.26. The number of unbranched alkanes of at least 4 members (excludes halogenated alkanes) is 2. The second kappa shape index (κ2) is 16.8. The molecule has 0 aromatic heterocycles. The zero-order valence-electron chi connectivity index (χ0n) is 22.1. The van der Waals surface area contributed by atoms with Crippen molar-refractivity contribution >= 4 is 30.5 Å². The number of nitrogens with zero attached hydrogens (tertiary/aromatic N) is 5. The lowest BCUT2D eigenvalue weighted by Crippen LogP contribution is -2.37. The van der Waals surface area contributed by atoms with E-state index in [0.717, 1.165) is 49.2 Å². The third-order valence-electron chi connectivity index (χ3n) is 5.52. The highest BCUT2D eigenvalue weighted by Crippen LogP contribution is 2.25. The van der Waals surface area contributed by atoms with E-state index in [9.17, 15) is 0 Å². The van der Waals surface area contributed by atoms with E-state index in [0.29, 0.717) is 13.1 Å². The van der Waals surface area contributed by atoms with Crippen LogP contribution in [0.2, 0.25) is 0 Å². The predicted octanol–water partition coefficient (Wildman–Crippen LogP) is 4.85. The Morgan fingerprint density at radius 1 is 1.35 bits per heavy atom. The summed E-state index contributed by atoms with van der Waals surface area (Å²) >= 11 is 1.59. The average molecular weight is 490 g/mol. The lowest BCUT2D eigenvalue weighted by molar-refractivity contribution is 0.317. The molecule has 34 heavy (non-hydrogen) atoms. The van der Waals surface area contributed by atoms with Gasteiger partial charge in [-0.1, -0.05) is 52.3 Å². The lowest BCUT2D eigenvalue weighted by atomic mass is 9.91. The number of likely N-dealkylation sites (N-methyl/N-ethyl adjacent to an activating group) is 1. The first-order chi connectivity index (χ1) is 16.3. The van der Waals surface area contributed by atoms with Gasteiger partial charge in [0.25, 0.3) is 0 Å². The Bertz CT molecular complexity index is 743. The molecule has 1 aliphatic rings. The van der Waals surface area contributed by atoms with Crippen LogP contribution in [0, 0.1) is 5.41 Å². The molecule has 0 saturated carbocycles. The number of allylic oxidation sites excluding steroid dienone is 1. The van der Waals surface area contributed by atoms with Gasteiger partial charge in [0.1, 0.15) is 11.7 Å². The van der Waals surface area contributed by atoms with Crippen LogP contribution in [0.25, 0.3) is 0 Å². The average Bonchev–Trinajstić information content (AvgIpc) is 2.81. The van der Waals surface area contributed by atoms with Crippen molar-refractivity contribution in [1.82, 2.24) is 15.2 Å². The van der Waals surface area contributed by atoms with E-state index < -0.39 is 0 Å². The second-order valence-corrected chi connectivity index (χ2v) is 10.1. The van der Waals surface area contributed by atoms with Gasteiger partial charge in [0.05, 0.1) is 11.9 Å². The highest BCUT2D eigenvalue weighted by molar-refractivity contribution is 8.03. The van der Waals surface area contributed by atoms with Crippen molar-refractivity contribution in [3.05, 3.63) is 35.5 Å². The first-order valence-electron chi connectivity index (χ1n) is 12.6. The Balaban J connectivity index is 2.82. The smallest absolute Gasteiger partial charge is 0.147 e. The Kier molecular flexibility index (Phi) is 15.0. The minimum atomic E-state index is -0.266. The number of hydrogen-bond acceptors (Lipinski definition) is 7. The van der Waals surface area contributed by atoms with E-state index in [1.165, 1.54) is 19.3 Å². The van der Waals surface area contributed by atoms with Crippen LogP contribution in [0.15, 0.2) is 50.6 Å². The number of nitrogens with one attached hydrogen (secondary N) is 1. The molecule has 8 heteroatoms. The van der Waals surface area contributed by atoms with Gasteiger partial charge >= 0.3 is 0 Å². The third kappa shape index (κ3) is 11.6. The molecule has 1 rings (SSSR count). The Labute approximate surface area is 212 Å². The summed E-state index contributed by atoms with van der Waals surface area (Å²) in [6.07, 6.45) is 12.9. The van der Waals surface area contributed by atoms with Gasteiger partial charge in [0.2, 0.25) is 0 Å². The monoisotopic (exact) mass is 489 g/mol. The van der Waals surface area contributed by atoms with Crippen molar-refractivity contribution in [2.45, 2.75) is 65.7 Å². The maximum absolute atomic E-state index is 6.11. The van der Waals surface area contributed by atoms with Crippen molar-refractivity contribution in [3.8, 4) is 0 Å². The van der Waals surface area contributed by atoms with Gasteiger partial charge in [0.15, 0.2) is 0 Å². The molecule has 192 valence electrons. The summed E-state index contributed by atoms with van der Waals surface area (Å²) in [5, 5.41) is 10.0. The van der Waals surface area contributed by atoms with Crippen LogP contribution < -0.4 is 11.1 Å². The first kappa shape index (κ1) is 30.3. The van der Waals surface area contributed by atoms with E-state index in [4.69, 9.17) is 10.7 Å².